The number of nitrogens with one attached hydrogen (secondary N) is 2. The molecule has 1 amide bonds. The van der Waals surface area contributed by atoms with Crippen molar-refractivity contribution in [3.05, 3.63) is 53.1 Å². The van der Waals surface area contributed by atoms with E-state index >= 15 is 0 Å². The zero-order valence-corrected chi connectivity index (χ0v) is 18.1. The van der Waals surface area contributed by atoms with Crippen molar-refractivity contribution in [1.29, 1.82) is 0 Å². The second kappa shape index (κ2) is 10.3. The smallest absolute Gasteiger partial charge is 0.240 e. The molecule has 0 aliphatic heterocycles. The van der Waals surface area contributed by atoms with E-state index in [1.807, 2.05) is 25.1 Å². The van der Waals surface area contributed by atoms with Crippen LogP contribution in [0.25, 0.3) is 0 Å². The summed E-state index contributed by atoms with van der Waals surface area (Å²) in [5.74, 6) is 1.18. The number of methoxy groups -OCH3 is 2. The Balaban J connectivity index is 1.81. The van der Waals surface area contributed by atoms with Gasteiger partial charge in [0.05, 0.1) is 19.1 Å². The first-order valence-electron chi connectivity index (χ1n) is 9.30. The van der Waals surface area contributed by atoms with Crippen molar-refractivity contribution in [2.75, 3.05) is 27.3 Å². The van der Waals surface area contributed by atoms with Crippen LogP contribution in [0, 0.1) is 13.8 Å². The maximum atomic E-state index is 12.4. The van der Waals surface area contributed by atoms with Crippen LogP contribution in [-0.4, -0.2) is 41.6 Å². The molecule has 2 rings (SSSR count). The van der Waals surface area contributed by atoms with Gasteiger partial charge in [-0.2, -0.15) is 0 Å². The van der Waals surface area contributed by atoms with Gasteiger partial charge in [0.15, 0.2) is 0 Å². The van der Waals surface area contributed by atoms with E-state index in [0.717, 1.165) is 11.1 Å². The molecular formula is C21H28N2O5S. The molecule has 158 valence electrons. The number of ether oxygens (including phenoxy) is 2. The average molecular weight is 421 g/mol. The van der Waals surface area contributed by atoms with E-state index < -0.39 is 10.0 Å². The first kappa shape index (κ1) is 22.7. The molecule has 0 aliphatic carbocycles. The Morgan fingerprint density at radius 2 is 1.62 bits per heavy atom. The third kappa shape index (κ3) is 6.76. The molecule has 29 heavy (non-hydrogen) atoms. The van der Waals surface area contributed by atoms with Gasteiger partial charge in [-0.3, -0.25) is 4.79 Å². The van der Waals surface area contributed by atoms with Gasteiger partial charge in [-0.1, -0.05) is 12.1 Å². The molecule has 0 spiro atoms. The molecule has 0 fully saturated rings. The SMILES string of the molecule is COc1cc(CCC(=O)NCCNS(=O)(=O)c2cc(C)ccc2C)cc(OC)c1. The number of sulfonamides is 1. The molecule has 2 aromatic rings. The van der Waals surface area contributed by atoms with Gasteiger partial charge < -0.3 is 14.8 Å². The minimum atomic E-state index is -3.61. The fraction of sp³-hybridized carbons (Fsp3) is 0.381. The Morgan fingerprint density at radius 3 is 2.24 bits per heavy atom. The van der Waals surface area contributed by atoms with Gasteiger partial charge in [0, 0.05) is 25.6 Å². The number of rotatable bonds is 10. The van der Waals surface area contributed by atoms with Crippen LogP contribution in [0.2, 0.25) is 0 Å². The van der Waals surface area contributed by atoms with Crippen molar-refractivity contribution in [1.82, 2.24) is 10.0 Å². The van der Waals surface area contributed by atoms with E-state index in [9.17, 15) is 13.2 Å². The Morgan fingerprint density at radius 1 is 0.966 bits per heavy atom. The lowest BCUT2D eigenvalue weighted by atomic mass is 10.1. The van der Waals surface area contributed by atoms with Crippen LogP contribution < -0.4 is 19.5 Å². The number of amides is 1. The Bertz CT molecular complexity index is 935. The van der Waals surface area contributed by atoms with Crippen LogP contribution in [0.4, 0.5) is 0 Å². The van der Waals surface area contributed by atoms with Crippen molar-refractivity contribution in [3.8, 4) is 11.5 Å². The van der Waals surface area contributed by atoms with Crippen LogP contribution in [0.1, 0.15) is 23.1 Å². The number of aryl methyl sites for hydroxylation is 3. The summed E-state index contributed by atoms with van der Waals surface area (Å²) in [6.45, 7) is 3.93. The molecule has 0 saturated carbocycles. The number of hydrogen-bond acceptors (Lipinski definition) is 5. The largest absolute Gasteiger partial charge is 0.497 e. The molecule has 0 heterocycles. The highest BCUT2D eigenvalue weighted by molar-refractivity contribution is 7.89. The number of hydrogen-bond donors (Lipinski definition) is 2. The van der Waals surface area contributed by atoms with Gasteiger partial charge in [-0.05, 0) is 55.2 Å². The van der Waals surface area contributed by atoms with Gasteiger partial charge in [-0.15, -0.1) is 0 Å². The predicted molar refractivity (Wildman–Crippen MR) is 112 cm³/mol. The minimum Gasteiger partial charge on any atom is -0.497 e. The predicted octanol–water partition coefficient (Wildman–Crippen LogP) is 2.35. The molecule has 0 aromatic heterocycles. The van der Waals surface area contributed by atoms with Crippen LogP contribution >= 0.6 is 0 Å². The van der Waals surface area contributed by atoms with Gasteiger partial charge in [0.2, 0.25) is 15.9 Å². The highest BCUT2D eigenvalue weighted by Crippen LogP contribution is 2.23. The van der Waals surface area contributed by atoms with E-state index in [-0.39, 0.29) is 30.3 Å². The maximum absolute atomic E-state index is 12.4. The molecule has 2 aromatic carbocycles. The van der Waals surface area contributed by atoms with E-state index in [2.05, 4.69) is 10.0 Å². The highest BCUT2D eigenvalue weighted by atomic mass is 32.2. The molecule has 0 aliphatic rings. The standard InChI is InChI=1S/C21H28N2O5S/c1-15-5-6-16(2)20(11-15)29(25,26)23-10-9-22-21(24)8-7-17-12-18(27-3)14-19(13-17)28-4/h5-6,11-14,23H,7-10H2,1-4H3,(H,22,24). The second-order valence-corrected chi connectivity index (χ2v) is 8.47. The lowest BCUT2D eigenvalue weighted by Gasteiger charge is -2.11. The molecular weight excluding hydrogens is 392 g/mol. The summed E-state index contributed by atoms with van der Waals surface area (Å²) in [6, 6.07) is 10.8. The fourth-order valence-electron chi connectivity index (χ4n) is 2.82. The first-order chi connectivity index (χ1) is 13.7. The zero-order chi connectivity index (χ0) is 21.4. The molecule has 0 bridgehead atoms. The molecule has 0 saturated heterocycles. The summed E-state index contributed by atoms with van der Waals surface area (Å²) in [5.41, 5.74) is 2.48. The molecule has 2 N–H and O–H groups in total. The maximum Gasteiger partial charge on any atom is 0.240 e. The van der Waals surface area contributed by atoms with Gasteiger partial charge in [-0.25, -0.2) is 13.1 Å². The number of carbonyl (C=O) groups is 1. The summed E-state index contributed by atoms with van der Waals surface area (Å²) in [7, 11) is -0.463. The van der Waals surface area contributed by atoms with E-state index in [1.54, 1.807) is 39.3 Å². The summed E-state index contributed by atoms with van der Waals surface area (Å²) in [4.78, 5) is 12.3. The number of benzene rings is 2. The second-order valence-electron chi connectivity index (χ2n) is 6.74. The van der Waals surface area contributed by atoms with Crippen LogP contribution in [0.5, 0.6) is 11.5 Å². The van der Waals surface area contributed by atoms with E-state index in [0.29, 0.717) is 23.5 Å². The van der Waals surface area contributed by atoms with Gasteiger partial charge in [0.25, 0.3) is 0 Å². The van der Waals surface area contributed by atoms with Gasteiger partial charge in [0.1, 0.15) is 11.5 Å². The molecule has 0 radical (unpaired) electrons. The molecule has 8 heteroatoms. The summed E-state index contributed by atoms with van der Waals surface area (Å²) >= 11 is 0. The highest BCUT2D eigenvalue weighted by Gasteiger charge is 2.16. The zero-order valence-electron chi connectivity index (χ0n) is 17.2. The van der Waals surface area contributed by atoms with Crippen LogP contribution in [-0.2, 0) is 21.2 Å². The van der Waals surface area contributed by atoms with Crippen LogP contribution in [0.15, 0.2) is 41.3 Å². The summed E-state index contributed by atoms with van der Waals surface area (Å²) in [5, 5.41) is 2.73. The average Bonchev–Trinajstić information content (AvgIpc) is 2.71. The topological polar surface area (TPSA) is 93.7 Å². The fourth-order valence-corrected chi connectivity index (χ4v) is 4.18. The third-order valence-corrected chi connectivity index (χ3v) is 6.03. The Hall–Kier alpha value is -2.58. The summed E-state index contributed by atoms with van der Waals surface area (Å²) in [6.07, 6.45) is 0.799. The third-order valence-electron chi connectivity index (χ3n) is 4.42. The van der Waals surface area contributed by atoms with Crippen LogP contribution in [0.3, 0.4) is 0 Å². The molecule has 0 unspecified atom stereocenters. The molecule has 7 nitrogen and oxygen atoms in total. The monoisotopic (exact) mass is 420 g/mol. The van der Waals surface area contributed by atoms with Crippen molar-refractivity contribution in [3.63, 3.8) is 0 Å². The van der Waals surface area contributed by atoms with Crippen molar-refractivity contribution in [2.45, 2.75) is 31.6 Å². The lowest BCUT2D eigenvalue weighted by Crippen LogP contribution is -2.35. The minimum absolute atomic E-state index is 0.119. The lowest BCUT2D eigenvalue weighted by molar-refractivity contribution is -0.121. The van der Waals surface area contributed by atoms with Crippen molar-refractivity contribution < 1.29 is 22.7 Å². The van der Waals surface area contributed by atoms with E-state index in [1.165, 1.54) is 0 Å². The summed E-state index contributed by atoms with van der Waals surface area (Å²) < 4.78 is 37.8. The quantitative estimate of drug-likeness (QED) is 0.576. The van der Waals surface area contributed by atoms with E-state index in [4.69, 9.17) is 9.47 Å². The van der Waals surface area contributed by atoms with Gasteiger partial charge >= 0.3 is 0 Å². The Labute approximate surface area is 172 Å². The normalized spacial score (nSPS) is 11.2. The number of carbonyl (C=O) groups excluding carboxylic acids is 1. The van der Waals surface area contributed by atoms with Crippen molar-refractivity contribution in [2.24, 2.45) is 0 Å². The first-order valence-corrected chi connectivity index (χ1v) is 10.8. The molecule has 0 atom stereocenters. The van der Waals surface area contributed by atoms with Crippen molar-refractivity contribution >= 4 is 15.9 Å². The Kier molecular flexibility index (Phi) is 8.04.